The first-order chi connectivity index (χ1) is 22.3. The minimum absolute atomic E-state index is 0.0104. The van der Waals surface area contributed by atoms with Crippen molar-refractivity contribution in [1.82, 2.24) is 19.6 Å². The summed E-state index contributed by atoms with van der Waals surface area (Å²) in [7, 11) is 5.91. The van der Waals surface area contributed by atoms with Crippen molar-refractivity contribution in [2.75, 3.05) is 52.7 Å². The molecule has 1 heterocycles. The van der Waals surface area contributed by atoms with Crippen LogP contribution in [0, 0.1) is 11.7 Å². The highest BCUT2D eigenvalue weighted by Crippen LogP contribution is 2.39. The summed E-state index contributed by atoms with van der Waals surface area (Å²) in [4.78, 5) is 46.9. The second kappa shape index (κ2) is 14.2. The standard InChI is InChI=1S/C33H40F7N5O3/c1-6-41(2)30(47)42(3)25-13-9-21(10-14-25)29(46)45-18-27(20-7-11-24(34)12-8-20)28(19-45)44(5)31(48)43(4)26-16-22(32(35,36)37)15-23(17-26)33(38,39)40/h7-8,11-12,15-17,21,25,27-28H,6,9-10,13-14,18-19H2,1-5H3/t21?,25?,27-,28+/m0/s1. The predicted octanol–water partition coefficient (Wildman–Crippen LogP) is 6.91. The molecule has 1 aliphatic heterocycles. The zero-order chi connectivity index (χ0) is 35.7. The van der Waals surface area contributed by atoms with E-state index in [0.29, 0.717) is 54.8 Å². The molecule has 0 aromatic heterocycles. The number of anilines is 1. The van der Waals surface area contributed by atoms with Crippen LogP contribution in [0.15, 0.2) is 42.5 Å². The quantitative estimate of drug-likeness (QED) is 0.310. The lowest BCUT2D eigenvalue weighted by atomic mass is 9.84. The molecule has 4 rings (SSSR count). The van der Waals surface area contributed by atoms with E-state index in [4.69, 9.17) is 0 Å². The summed E-state index contributed by atoms with van der Waals surface area (Å²) in [6.07, 6.45) is -7.88. The number of amides is 5. The van der Waals surface area contributed by atoms with E-state index in [9.17, 15) is 45.1 Å². The van der Waals surface area contributed by atoms with Gasteiger partial charge in [-0.05, 0) is 68.5 Å². The number of nitrogens with zero attached hydrogens (tertiary/aromatic N) is 5. The van der Waals surface area contributed by atoms with E-state index in [1.807, 2.05) is 6.92 Å². The molecule has 0 unspecified atom stereocenters. The number of urea groups is 2. The van der Waals surface area contributed by atoms with Gasteiger partial charge in [0, 0.05) is 71.4 Å². The molecule has 0 bridgehead atoms. The predicted molar refractivity (Wildman–Crippen MR) is 165 cm³/mol. The summed E-state index contributed by atoms with van der Waals surface area (Å²) in [5.41, 5.74) is -3.11. The van der Waals surface area contributed by atoms with E-state index < -0.39 is 53.0 Å². The van der Waals surface area contributed by atoms with Gasteiger partial charge in [-0.1, -0.05) is 12.1 Å². The highest BCUT2D eigenvalue weighted by atomic mass is 19.4. The maximum absolute atomic E-state index is 13.8. The normalized spacial score (nSPS) is 21.5. The molecule has 8 nitrogen and oxygen atoms in total. The molecule has 15 heteroatoms. The fourth-order valence-corrected chi connectivity index (χ4v) is 6.55. The Hall–Kier alpha value is -4.04. The van der Waals surface area contributed by atoms with Crippen LogP contribution in [0.2, 0.25) is 0 Å². The van der Waals surface area contributed by atoms with Crippen LogP contribution in [-0.4, -0.2) is 97.5 Å². The van der Waals surface area contributed by atoms with Crippen LogP contribution in [0.1, 0.15) is 55.2 Å². The first-order valence-electron chi connectivity index (χ1n) is 15.7. The molecule has 1 saturated carbocycles. The van der Waals surface area contributed by atoms with Crippen LogP contribution in [0.3, 0.4) is 0 Å². The van der Waals surface area contributed by atoms with Crippen LogP contribution in [0.5, 0.6) is 0 Å². The molecule has 0 radical (unpaired) electrons. The van der Waals surface area contributed by atoms with Gasteiger partial charge in [-0.25, -0.2) is 14.0 Å². The highest BCUT2D eigenvalue weighted by Gasteiger charge is 2.44. The number of rotatable bonds is 6. The lowest BCUT2D eigenvalue weighted by molar-refractivity contribution is -0.143. The monoisotopic (exact) mass is 687 g/mol. The van der Waals surface area contributed by atoms with Crippen molar-refractivity contribution in [3.05, 3.63) is 65.0 Å². The van der Waals surface area contributed by atoms with Gasteiger partial charge in [-0.2, -0.15) is 26.3 Å². The van der Waals surface area contributed by atoms with Gasteiger partial charge in [0.05, 0.1) is 17.2 Å². The van der Waals surface area contributed by atoms with E-state index in [0.717, 1.165) is 7.05 Å². The summed E-state index contributed by atoms with van der Waals surface area (Å²) in [5, 5.41) is 0. The Morgan fingerprint density at radius 1 is 0.771 bits per heavy atom. The molecule has 0 N–H and O–H groups in total. The maximum atomic E-state index is 13.8. The number of hydrogen-bond donors (Lipinski definition) is 0. The second-order valence-corrected chi connectivity index (χ2v) is 12.6. The number of benzene rings is 2. The molecule has 48 heavy (non-hydrogen) atoms. The first-order valence-corrected chi connectivity index (χ1v) is 15.7. The van der Waals surface area contributed by atoms with Crippen molar-refractivity contribution in [2.45, 2.75) is 63.0 Å². The molecule has 2 aliphatic rings. The van der Waals surface area contributed by atoms with Gasteiger partial charge >= 0.3 is 24.4 Å². The Kier molecular flexibility index (Phi) is 10.9. The van der Waals surface area contributed by atoms with Gasteiger partial charge in [0.2, 0.25) is 5.91 Å². The Morgan fingerprint density at radius 3 is 1.81 bits per heavy atom. The van der Waals surface area contributed by atoms with Crippen LogP contribution in [0.4, 0.5) is 46.0 Å². The molecule has 264 valence electrons. The van der Waals surface area contributed by atoms with Crippen molar-refractivity contribution < 1.29 is 45.1 Å². The Labute approximate surface area is 275 Å². The van der Waals surface area contributed by atoms with E-state index in [1.165, 1.54) is 36.2 Å². The highest BCUT2D eigenvalue weighted by molar-refractivity contribution is 5.92. The number of likely N-dealkylation sites (tertiary alicyclic amines) is 1. The van der Waals surface area contributed by atoms with Crippen molar-refractivity contribution in [3.63, 3.8) is 0 Å². The second-order valence-electron chi connectivity index (χ2n) is 12.6. The number of halogens is 7. The topological polar surface area (TPSA) is 67.4 Å². The summed E-state index contributed by atoms with van der Waals surface area (Å²) in [5.74, 6) is -1.50. The summed E-state index contributed by atoms with van der Waals surface area (Å²) in [6, 6.07) is 4.72. The number of alkyl halides is 6. The average molecular weight is 688 g/mol. The van der Waals surface area contributed by atoms with Gasteiger partial charge in [-0.3, -0.25) is 9.69 Å². The number of carbonyl (C=O) groups is 3. The molecule has 1 aliphatic carbocycles. The van der Waals surface area contributed by atoms with E-state index >= 15 is 0 Å². The smallest absolute Gasteiger partial charge is 0.340 e. The molecular formula is C33H40F7N5O3. The van der Waals surface area contributed by atoms with Gasteiger partial charge < -0.3 is 19.6 Å². The third-order valence-corrected chi connectivity index (χ3v) is 9.64. The minimum atomic E-state index is -5.10. The molecule has 1 saturated heterocycles. The first kappa shape index (κ1) is 36.8. The number of likely N-dealkylation sites (N-methyl/N-ethyl adjacent to an activating group) is 1. The molecule has 5 amide bonds. The number of hydrogen-bond acceptors (Lipinski definition) is 3. The third kappa shape index (κ3) is 7.97. The average Bonchev–Trinajstić information content (AvgIpc) is 3.50. The summed E-state index contributed by atoms with van der Waals surface area (Å²) >= 11 is 0. The lowest BCUT2D eigenvalue weighted by Gasteiger charge is -2.37. The Balaban J connectivity index is 1.55. The fourth-order valence-electron chi connectivity index (χ4n) is 6.55. The van der Waals surface area contributed by atoms with Gasteiger partial charge in [0.15, 0.2) is 0 Å². The van der Waals surface area contributed by atoms with Crippen molar-refractivity contribution >= 4 is 23.7 Å². The van der Waals surface area contributed by atoms with Gasteiger partial charge in [0.25, 0.3) is 0 Å². The van der Waals surface area contributed by atoms with Crippen molar-refractivity contribution in [1.29, 1.82) is 0 Å². The van der Waals surface area contributed by atoms with Crippen LogP contribution < -0.4 is 4.90 Å². The summed E-state index contributed by atoms with van der Waals surface area (Å²) < 4.78 is 94.9. The molecule has 2 aromatic rings. The molecule has 2 aromatic carbocycles. The van der Waals surface area contributed by atoms with E-state index in [1.54, 1.807) is 28.8 Å². The van der Waals surface area contributed by atoms with Crippen LogP contribution in [-0.2, 0) is 17.1 Å². The SMILES string of the molecule is CCN(C)C(=O)N(C)C1CCC(C(=O)N2C[C@@H](N(C)C(=O)N(C)c3cc(C(F)(F)F)cc(C(F)(F)F)c3)[C@H](c3ccc(F)cc3)C2)CC1. The molecule has 2 atom stereocenters. The van der Waals surface area contributed by atoms with Crippen LogP contribution in [0.25, 0.3) is 0 Å². The van der Waals surface area contributed by atoms with Crippen LogP contribution >= 0.6 is 0 Å². The molecule has 0 spiro atoms. The molecular weight excluding hydrogens is 647 g/mol. The van der Waals surface area contributed by atoms with Crippen molar-refractivity contribution in [3.8, 4) is 0 Å². The maximum Gasteiger partial charge on any atom is 0.416 e. The largest absolute Gasteiger partial charge is 0.416 e. The zero-order valence-electron chi connectivity index (χ0n) is 27.4. The van der Waals surface area contributed by atoms with E-state index in [2.05, 4.69) is 0 Å². The van der Waals surface area contributed by atoms with E-state index in [-0.39, 0.29) is 43.1 Å². The fraction of sp³-hybridized carbons (Fsp3) is 0.545. The minimum Gasteiger partial charge on any atom is -0.340 e. The Morgan fingerprint density at radius 2 is 1.31 bits per heavy atom. The van der Waals surface area contributed by atoms with Crippen molar-refractivity contribution in [2.24, 2.45) is 5.92 Å². The van der Waals surface area contributed by atoms with Gasteiger partial charge in [0.1, 0.15) is 5.82 Å². The van der Waals surface area contributed by atoms with Gasteiger partial charge in [-0.15, -0.1) is 0 Å². The molecule has 2 fully saturated rings. The lowest BCUT2D eigenvalue weighted by Crippen LogP contribution is -2.48. The Bertz CT molecular complexity index is 1440. The third-order valence-electron chi connectivity index (χ3n) is 9.64. The summed E-state index contributed by atoms with van der Waals surface area (Å²) in [6.45, 7) is 2.65. The number of carbonyl (C=O) groups excluding carboxylic acids is 3. The zero-order valence-corrected chi connectivity index (χ0v) is 27.4.